The van der Waals surface area contributed by atoms with Gasteiger partial charge in [0.1, 0.15) is 0 Å². The lowest BCUT2D eigenvalue weighted by atomic mass is 10.1. The van der Waals surface area contributed by atoms with Crippen molar-refractivity contribution < 1.29 is 8.42 Å². The molecule has 0 amide bonds. The van der Waals surface area contributed by atoms with Crippen molar-refractivity contribution in [2.45, 2.75) is 19.8 Å². The maximum absolute atomic E-state index is 11.6. The van der Waals surface area contributed by atoms with E-state index in [4.69, 9.17) is 5.73 Å². The molecule has 0 bridgehead atoms. The van der Waals surface area contributed by atoms with Crippen LogP contribution in [0.5, 0.6) is 0 Å². The van der Waals surface area contributed by atoms with Crippen LogP contribution in [0, 0.1) is 0 Å². The molecule has 1 aliphatic rings. The topological polar surface area (TPSA) is 87.8 Å². The van der Waals surface area contributed by atoms with E-state index in [1.165, 1.54) is 9.87 Å². The Morgan fingerprint density at radius 2 is 2.23 bits per heavy atom. The molecule has 22 heavy (non-hydrogen) atoms. The number of nitrogens with one attached hydrogen (secondary N) is 1. The number of rotatable bonds is 5. The van der Waals surface area contributed by atoms with Gasteiger partial charge in [-0.15, -0.1) is 24.0 Å². The van der Waals surface area contributed by atoms with Crippen LogP contribution >= 0.6 is 24.0 Å². The lowest BCUT2D eigenvalue weighted by Crippen LogP contribution is -2.30. The monoisotopic (exact) mass is 438 g/mol. The first-order valence-corrected chi connectivity index (χ1v) is 8.76. The third-order valence-corrected chi connectivity index (χ3v) is 5.40. The molecule has 1 heterocycles. The summed E-state index contributed by atoms with van der Waals surface area (Å²) in [7, 11) is -3.05. The Morgan fingerprint density at radius 1 is 1.45 bits per heavy atom. The number of hydrogen-bond acceptors (Lipinski definition) is 3. The van der Waals surface area contributed by atoms with E-state index in [1.807, 2.05) is 18.2 Å². The van der Waals surface area contributed by atoms with E-state index < -0.39 is 10.0 Å². The fraction of sp³-hybridized carbons (Fsp3) is 0.500. The quantitative estimate of drug-likeness (QED) is 0.416. The molecule has 8 heteroatoms. The summed E-state index contributed by atoms with van der Waals surface area (Å²) in [6.45, 7) is 3.43. The maximum atomic E-state index is 11.6. The number of benzene rings is 1. The average Bonchev–Trinajstić information content (AvgIpc) is 2.78. The largest absolute Gasteiger partial charge is 0.370 e. The summed E-state index contributed by atoms with van der Waals surface area (Å²) in [6.07, 6.45) is 1.66. The molecule has 1 saturated heterocycles. The molecule has 1 aromatic rings. The predicted molar refractivity (Wildman–Crippen MR) is 101 cm³/mol. The molecule has 6 nitrogen and oxygen atoms in total. The number of halogens is 1. The smallest absolute Gasteiger partial charge is 0.214 e. The van der Waals surface area contributed by atoms with Gasteiger partial charge in [0.25, 0.3) is 0 Å². The minimum atomic E-state index is -3.05. The molecular weight excluding hydrogens is 415 g/mol. The Morgan fingerprint density at radius 3 is 2.86 bits per heavy atom. The molecule has 0 radical (unpaired) electrons. The number of guanidine groups is 1. The number of hydrogen-bond donors (Lipinski definition) is 2. The van der Waals surface area contributed by atoms with Crippen LogP contribution in [0.1, 0.15) is 18.9 Å². The van der Waals surface area contributed by atoms with E-state index in [2.05, 4.69) is 23.3 Å². The number of nitrogens with zero attached hydrogens (tertiary/aromatic N) is 2. The summed E-state index contributed by atoms with van der Waals surface area (Å²) < 4.78 is 24.7. The lowest BCUT2D eigenvalue weighted by Gasteiger charge is -2.12. The minimum Gasteiger partial charge on any atom is -0.370 e. The zero-order valence-electron chi connectivity index (χ0n) is 12.7. The van der Waals surface area contributed by atoms with Crippen LogP contribution in [0.25, 0.3) is 0 Å². The first-order chi connectivity index (χ1) is 10.0. The molecular formula is C14H23IN4O2S. The van der Waals surface area contributed by atoms with E-state index in [9.17, 15) is 8.42 Å². The van der Waals surface area contributed by atoms with Crippen molar-refractivity contribution in [2.24, 2.45) is 10.7 Å². The summed E-state index contributed by atoms with van der Waals surface area (Å²) in [4.78, 5) is 4.18. The van der Waals surface area contributed by atoms with Crippen molar-refractivity contribution in [2.75, 3.05) is 30.7 Å². The normalized spacial score (nSPS) is 18.0. The molecule has 1 fully saturated rings. The van der Waals surface area contributed by atoms with E-state index >= 15 is 0 Å². The average molecular weight is 438 g/mol. The molecule has 0 atom stereocenters. The summed E-state index contributed by atoms with van der Waals surface area (Å²) in [5, 5.41) is 3.02. The first-order valence-electron chi connectivity index (χ1n) is 7.15. The van der Waals surface area contributed by atoms with Gasteiger partial charge in [0.15, 0.2) is 5.96 Å². The van der Waals surface area contributed by atoms with Crippen molar-refractivity contribution >= 4 is 45.6 Å². The zero-order valence-corrected chi connectivity index (χ0v) is 15.8. The second-order valence-electron chi connectivity index (χ2n) is 5.01. The number of sulfonamides is 1. The summed E-state index contributed by atoms with van der Waals surface area (Å²) in [5.74, 6) is 0.550. The SMILES string of the molecule is CCc1cccc(NC(N)=NCCN2CCCS2(=O)=O)c1.I. The van der Waals surface area contributed by atoms with Crippen LogP contribution in [0.2, 0.25) is 0 Å². The summed E-state index contributed by atoms with van der Waals surface area (Å²) >= 11 is 0. The number of nitrogens with two attached hydrogens (primary N) is 1. The molecule has 0 saturated carbocycles. The molecule has 0 aliphatic carbocycles. The van der Waals surface area contributed by atoms with Gasteiger partial charge < -0.3 is 11.1 Å². The third kappa shape index (κ3) is 5.40. The van der Waals surface area contributed by atoms with Gasteiger partial charge in [-0.2, -0.15) is 0 Å². The van der Waals surface area contributed by atoms with Crippen molar-refractivity contribution in [3.05, 3.63) is 29.8 Å². The van der Waals surface area contributed by atoms with Crippen molar-refractivity contribution in [1.82, 2.24) is 4.31 Å². The number of anilines is 1. The fourth-order valence-electron chi connectivity index (χ4n) is 2.28. The van der Waals surface area contributed by atoms with E-state index in [1.54, 1.807) is 0 Å². The fourth-order valence-corrected chi connectivity index (χ4v) is 3.80. The van der Waals surface area contributed by atoms with Crippen molar-refractivity contribution in [1.29, 1.82) is 0 Å². The van der Waals surface area contributed by atoms with Crippen molar-refractivity contribution in [3.8, 4) is 0 Å². The van der Waals surface area contributed by atoms with Gasteiger partial charge in [-0.25, -0.2) is 12.7 Å². The van der Waals surface area contributed by atoms with Gasteiger partial charge in [0.2, 0.25) is 10.0 Å². The maximum Gasteiger partial charge on any atom is 0.214 e. The van der Waals surface area contributed by atoms with E-state index in [-0.39, 0.29) is 29.7 Å². The van der Waals surface area contributed by atoms with Crippen LogP contribution in [0.4, 0.5) is 5.69 Å². The Hall–Kier alpha value is -0.870. The first kappa shape index (κ1) is 19.2. The van der Waals surface area contributed by atoms with Crippen molar-refractivity contribution in [3.63, 3.8) is 0 Å². The van der Waals surface area contributed by atoms with Gasteiger partial charge in [0.05, 0.1) is 12.3 Å². The Balaban J connectivity index is 0.00000242. The predicted octanol–water partition coefficient (Wildman–Crippen LogP) is 1.63. The highest BCUT2D eigenvalue weighted by Crippen LogP contribution is 2.12. The minimum absolute atomic E-state index is 0. The Bertz CT molecular complexity index is 619. The van der Waals surface area contributed by atoms with Gasteiger partial charge in [-0.3, -0.25) is 4.99 Å². The van der Waals surface area contributed by atoms with Gasteiger partial charge >= 0.3 is 0 Å². The van der Waals surface area contributed by atoms with Crippen LogP contribution in [0.3, 0.4) is 0 Å². The van der Waals surface area contributed by atoms with Gasteiger partial charge in [-0.1, -0.05) is 19.1 Å². The molecule has 0 spiro atoms. The summed E-state index contributed by atoms with van der Waals surface area (Å²) in [6, 6.07) is 7.96. The van der Waals surface area contributed by atoms with Gasteiger partial charge in [-0.05, 0) is 30.5 Å². The molecule has 2 rings (SSSR count). The second kappa shape index (κ2) is 8.68. The van der Waals surface area contributed by atoms with Gasteiger partial charge in [0, 0.05) is 18.8 Å². The highest BCUT2D eigenvalue weighted by atomic mass is 127. The highest BCUT2D eigenvalue weighted by molar-refractivity contribution is 14.0. The molecule has 3 N–H and O–H groups in total. The second-order valence-corrected chi connectivity index (χ2v) is 7.10. The summed E-state index contributed by atoms with van der Waals surface area (Å²) in [5.41, 5.74) is 7.93. The standard InChI is InChI=1S/C14H22N4O2S.HI/c1-2-12-5-3-6-13(11-12)17-14(15)16-7-9-18-8-4-10-21(18,19)20;/h3,5-6,11H,2,4,7-10H2,1H3,(H3,15,16,17);1H. The van der Waals surface area contributed by atoms with Crippen LogP contribution < -0.4 is 11.1 Å². The molecule has 0 unspecified atom stereocenters. The lowest BCUT2D eigenvalue weighted by molar-refractivity contribution is 0.452. The molecule has 1 aliphatic heterocycles. The Labute approximate surface area is 149 Å². The Kier molecular flexibility index (Phi) is 7.57. The molecule has 124 valence electrons. The molecule has 0 aromatic heterocycles. The highest BCUT2D eigenvalue weighted by Gasteiger charge is 2.27. The molecule has 1 aromatic carbocycles. The third-order valence-electron chi connectivity index (χ3n) is 3.44. The number of aryl methyl sites for hydroxylation is 1. The van der Waals surface area contributed by atoms with E-state index in [0.717, 1.165) is 12.1 Å². The van der Waals surface area contributed by atoms with E-state index in [0.29, 0.717) is 32.0 Å². The van der Waals surface area contributed by atoms with Crippen LogP contribution in [0.15, 0.2) is 29.3 Å². The van der Waals surface area contributed by atoms with Crippen LogP contribution in [-0.2, 0) is 16.4 Å². The van der Waals surface area contributed by atoms with Crippen LogP contribution in [-0.4, -0.2) is 44.1 Å². The number of aliphatic imine (C=N–C) groups is 1. The zero-order chi connectivity index (χ0) is 15.3.